The van der Waals surface area contributed by atoms with Crippen molar-refractivity contribution in [2.75, 3.05) is 0 Å². The molecule has 0 aliphatic heterocycles. The molecule has 0 saturated carbocycles. The lowest BCUT2D eigenvalue weighted by atomic mass is 10.0. The van der Waals surface area contributed by atoms with Crippen LogP contribution in [0.5, 0.6) is 0 Å². The van der Waals surface area contributed by atoms with Crippen LogP contribution >= 0.6 is 50.7 Å². The molecule has 2 rings (SSSR count). The molecule has 2 aromatic rings. The quantitative estimate of drug-likeness (QED) is 0.461. The number of hydrogen-bond donors (Lipinski definition) is 0. The van der Waals surface area contributed by atoms with Gasteiger partial charge in [0.05, 0.1) is 10.6 Å². The first kappa shape index (κ1) is 15.8. The summed E-state index contributed by atoms with van der Waals surface area (Å²) >= 11 is 20.6. The maximum absolute atomic E-state index is 13.9. The molecule has 0 aliphatic carbocycles. The van der Waals surface area contributed by atoms with E-state index in [-0.39, 0.29) is 17.0 Å². The Morgan fingerprint density at radius 3 is 2.50 bits per heavy atom. The molecule has 0 N–H and O–H groups in total. The molecule has 0 aromatic heterocycles. The summed E-state index contributed by atoms with van der Waals surface area (Å²) < 4.78 is 14.3. The number of benzene rings is 2. The molecule has 0 bridgehead atoms. The van der Waals surface area contributed by atoms with E-state index in [2.05, 4.69) is 15.9 Å². The highest BCUT2D eigenvalue weighted by molar-refractivity contribution is 9.10. The van der Waals surface area contributed by atoms with Gasteiger partial charge in [-0.3, -0.25) is 4.79 Å². The first-order chi connectivity index (χ1) is 9.40. The molecule has 0 heterocycles. The molecule has 20 heavy (non-hydrogen) atoms. The smallest absolute Gasteiger partial charge is 0.170 e. The summed E-state index contributed by atoms with van der Waals surface area (Å²) in [6.45, 7) is 0. The normalized spacial score (nSPS) is 10.7. The molecule has 6 heteroatoms. The van der Waals surface area contributed by atoms with Crippen LogP contribution < -0.4 is 0 Å². The van der Waals surface area contributed by atoms with Crippen molar-refractivity contribution in [2.45, 2.75) is 6.42 Å². The van der Waals surface area contributed by atoms with Crippen molar-refractivity contribution in [1.82, 2.24) is 0 Å². The summed E-state index contributed by atoms with van der Waals surface area (Å²) in [5.74, 6) is -1.14. The molecule has 0 saturated heterocycles. The van der Waals surface area contributed by atoms with E-state index >= 15 is 0 Å². The average Bonchev–Trinajstić information content (AvgIpc) is 2.39. The van der Waals surface area contributed by atoms with Crippen LogP contribution in [0, 0.1) is 5.82 Å². The van der Waals surface area contributed by atoms with Gasteiger partial charge in [-0.1, -0.05) is 40.9 Å². The zero-order valence-corrected chi connectivity index (χ0v) is 13.7. The minimum Gasteiger partial charge on any atom is -0.294 e. The van der Waals surface area contributed by atoms with Gasteiger partial charge in [0.1, 0.15) is 0 Å². The monoisotopic (exact) mass is 394 g/mol. The van der Waals surface area contributed by atoms with E-state index in [1.165, 1.54) is 18.2 Å². The van der Waals surface area contributed by atoms with Crippen molar-refractivity contribution in [3.05, 3.63) is 66.8 Å². The summed E-state index contributed by atoms with van der Waals surface area (Å²) in [4.78, 5) is 12.1. The third-order valence-electron chi connectivity index (χ3n) is 2.70. The number of halogens is 5. The Balaban J connectivity index is 2.31. The summed E-state index contributed by atoms with van der Waals surface area (Å²) in [6, 6.07) is 7.72. The van der Waals surface area contributed by atoms with Crippen LogP contribution in [0.4, 0.5) is 4.39 Å². The second-order valence-corrected chi connectivity index (χ2v) is 6.13. The maximum Gasteiger partial charge on any atom is 0.170 e. The highest BCUT2D eigenvalue weighted by atomic mass is 79.9. The summed E-state index contributed by atoms with van der Waals surface area (Å²) in [7, 11) is 0. The van der Waals surface area contributed by atoms with Gasteiger partial charge >= 0.3 is 0 Å². The molecule has 0 amide bonds. The molecule has 0 spiro atoms. The van der Waals surface area contributed by atoms with Crippen LogP contribution in [-0.4, -0.2) is 5.78 Å². The third kappa shape index (κ3) is 3.34. The summed E-state index contributed by atoms with van der Waals surface area (Å²) in [5, 5.41) is 0.733. The Bertz CT molecular complexity index is 688. The van der Waals surface area contributed by atoms with Gasteiger partial charge < -0.3 is 0 Å². The highest BCUT2D eigenvalue weighted by Gasteiger charge is 2.17. The fraction of sp³-hybridized carbons (Fsp3) is 0.0714. The van der Waals surface area contributed by atoms with Crippen LogP contribution in [-0.2, 0) is 6.42 Å². The molecular formula is C14H7BrCl3FO. The molecule has 0 atom stereocenters. The predicted octanol–water partition coefficient (Wildman–Crippen LogP) is 5.97. The SMILES string of the molecule is O=C(Cc1ccc(Cl)cc1Cl)c1ccc(Br)c(Cl)c1F. The zero-order valence-electron chi connectivity index (χ0n) is 9.89. The fourth-order valence-electron chi connectivity index (χ4n) is 1.67. The molecule has 2 aromatic carbocycles. The topological polar surface area (TPSA) is 17.1 Å². The minimum absolute atomic E-state index is 0.0229. The van der Waals surface area contributed by atoms with Crippen molar-refractivity contribution in [3.63, 3.8) is 0 Å². The number of rotatable bonds is 3. The fourth-order valence-corrected chi connectivity index (χ4v) is 2.62. The van der Waals surface area contributed by atoms with Gasteiger partial charge in [-0.05, 0) is 45.8 Å². The Morgan fingerprint density at radius 2 is 1.85 bits per heavy atom. The first-order valence-corrected chi connectivity index (χ1v) is 7.43. The molecule has 0 radical (unpaired) electrons. The second-order valence-electron chi connectivity index (χ2n) is 4.06. The van der Waals surface area contributed by atoms with Crippen LogP contribution in [0.3, 0.4) is 0 Å². The van der Waals surface area contributed by atoms with Crippen molar-refractivity contribution in [1.29, 1.82) is 0 Å². The average molecular weight is 396 g/mol. The Morgan fingerprint density at radius 1 is 1.15 bits per heavy atom. The molecule has 0 fully saturated rings. The van der Waals surface area contributed by atoms with E-state index in [4.69, 9.17) is 34.8 Å². The maximum atomic E-state index is 13.9. The van der Waals surface area contributed by atoms with E-state index < -0.39 is 11.6 Å². The Kier molecular flexibility index (Phi) is 5.08. The largest absolute Gasteiger partial charge is 0.294 e. The van der Waals surface area contributed by atoms with Gasteiger partial charge in [0.15, 0.2) is 11.6 Å². The van der Waals surface area contributed by atoms with Gasteiger partial charge in [-0.2, -0.15) is 0 Å². The second kappa shape index (κ2) is 6.44. The van der Waals surface area contributed by atoms with E-state index in [9.17, 15) is 9.18 Å². The standard InChI is InChI=1S/C14H7BrCl3FO/c15-10-4-3-9(14(19)13(10)18)12(20)5-7-1-2-8(16)6-11(7)17/h1-4,6H,5H2. The lowest BCUT2D eigenvalue weighted by Crippen LogP contribution is -2.07. The Labute approximate surface area is 138 Å². The summed E-state index contributed by atoms with van der Waals surface area (Å²) in [5.41, 5.74) is 0.517. The number of ketones is 1. The first-order valence-electron chi connectivity index (χ1n) is 5.50. The van der Waals surface area contributed by atoms with E-state index in [0.29, 0.717) is 20.1 Å². The summed E-state index contributed by atoms with van der Waals surface area (Å²) in [6.07, 6.45) is -0.0229. The molecule has 0 unspecified atom stereocenters. The Hall–Kier alpha value is -0.610. The lowest BCUT2D eigenvalue weighted by Gasteiger charge is -2.07. The number of carbonyl (C=O) groups excluding carboxylic acids is 1. The van der Waals surface area contributed by atoms with Gasteiger partial charge in [0, 0.05) is 20.9 Å². The van der Waals surface area contributed by atoms with Crippen molar-refractivity contribution in [2.24, 2.45) is 0 Å². The van der Waals surface area contributed by atoms with Crippen LogP contribution in [0.2, 0.25) is 15.1 Å². The lowest BCUT2D eigenvalue weighted by molar-refractivity contribution is 0.0989. The van der Waals surface area contributed by atoms with Crippen LogP contribution in [0.15, 0.2) is 34.8 Å². The van der Waals surface area contributed by atoms with Gasteiger partial charge in [-0.25, -0.2) is 4.39 Å². The van der Waals surface area contributed by atoms with E-state index in [1.54, 1.807) is 12.1 Å². The third-order valence-corrected chi connectivity index (χ3v) is 4.55. The zero-order chi connectivity index (χ0) is 14.9. The molecule has 1 nitrogen and oxygen atoms in total. The van der Waals surface area contributed by atoms with Crippen molar-refractivity contribution >= 4 is 56.5 Å². The molecular weight excluding hydrogens is 389 g/mol. The van der Waals surface area contributed by atoms with Crippen LogP contribution in [0.1, 0.15) is 15.9 Å². The molecule has 0 aliphatic rings. The highest BCUT2D eigenvalue weighted by Crippen LogP contribution is 2.29. The van der Waals surface area contributed by atoms with Crippen molar-refractivity contribution in [3.8, 4) is 0 Å². The van der Waals surface area contributed by atoms with Gasteiger partial charge in [0.2, 0.25) is 0 Å². The van der Waals surface area contributed by atoms with E-state index in [0.717, 1.165) is 0 Å². The van der Waals surface area contributed by atoms with Crippen LogP contribution in [0.25, 0.3) is 0 Å². The number of Topliss-reactive ketones (excluding diaryl/α,β-unsaturated/α-hetero) is 1. The van der Waals surface area contributed by atoms with Gasteiger partial charge in [-0.15, -0.1) is 0 Å². The van der Waals surface area contributed by atoms with Crippen molar-refractivity contribution < 1.29 is 9.18 Å². The van der Waals surface area contributed by atoms with E-state index in [1.807, 2.05) is 0 Å². The number of hydrogen-bond acceptors (Lipinski definition) is 1. The predicted molar refractivity (Wildman–Crippen MR) is 83.6 cm³/mol. The number of carbonyl (C=O) groups is 1. The molecule has 104 valence electrons. The van der Waals surface area contributed by atoms with Gasteiger partial charge in [0.25, 0.3) is 0 Å². The minimum atomic E-state index is -0.740.